The first-order valence-corrected chi connectivity index (χ1v) is 7.08. The van der Waals surface area contributed by atoms with Crippen LogP contribution < -0.4 is 10.6 Å². The number of halogens is 1. The van der Waals surface area contributed by atoms with Crippen LogP contribution in [0.5, 0.6) is 0 Å². The predicted molar refractivity (Wildman–Crippen MR) is 79.5 cm³/mol. The van der Waals surface area contributed by atoms with E-state index in [-0.39, 0.29) is 25.3 Å². The summed E-state index contributed by atoms with van der Waals surface area (Å²) in [7, 11) is 0. The molecule has 7 heteroatoms. The number of hydrogen-bond acceptors (Lipinski definition) is 4. The Morgan fingerprint density at radius 2 is 1.83 bits per heavy atom. The first kappa shape index (κ1) is 16.7. The van der Waals surface area contributed by atoms with Crippen molar-refractivity contribution in [2.75, 3.05) is 6.54 Å². The Hall–Kier alpha value is -2.67. The van der Waals surface area contributed by atoms with Crippen molar-refractivity contribution in [2.45, 2.75) is 19.1 Å². The molecular weight excluding hydrogens is 303 g/mol. The van der Waals surface area contributed by atoms with Gasteiger partial charge in [-0.1, -0.05) is 12.1 Å². The fraction of sp³-hybridized carbons (Fsp3) is 0.250. The van der Waals surface area contributed by atoms with Crippen LogP contribution in [0.15, 0.2) is 47.1 Å². The minimum absolute atomic E-state index is 0.127. The molecule has 2 rings (SSSR count). The normalized spacial score (nSPS) is 11.7. The number of nitrogens with one attached hydrogen (secondary N) is 2. The Kier molecular flexibility index (Phi) is 5.87. The Labute approximate surface area is 132 Å². The molecule has 1 atom stereocenters. The molecule has 1 unspecified atom stereocenters. The molecule has 0 aliphatic carbocycles. The van der Waals surface area contributed by atoms with Crippen LogP contribution in [0.3, 0.4) is 0 Å². The van der Waals surface area contributed by atoms with E-state index in [9.17, 15) is 19.1 Å². The van der Waals surface area contributed by atoms with Crippen molar-refractivity contribution in [3.05, 3.63) is 59.8 Å². The lowest BCUT2D eigenvalue weighted by Gasteiger charge is -2.09. The van der Waals surface area contributed by atoms with Crippen LogP contribution in [0.1, 0.15) is 23.8 Å². The molecule has 0 fully saturated rings. The van der Waals surface area contributed by atoms with E-state index in [1.165, 1.54) is 30.5 Å². The van der Waals surface area contributed by atoms with E-state index in [4.69, 9.17) is 4.42 Å². The highest BCUT2D eigenvalue weighted by atomic mass is 19.1. The molecule has 1 aromatic carbocycles. The van der Waals surface area contributed by atoms with Gasteiger partial charge in [-0.05, 0) is 36.2 Å². The van der Waals surface area contributed by atoms with Crippen LogP contribution in [0, 0.1) is 5.82 Å². The molecule has 23 heavy (non-hydrogen) atoms. The molecule has 0 saturated heterocycles. The van der Waals surface area contributed by atoms with Crippen LogP contribution in [0.25, 0.3) is 0 Å². The maximum absolute atomic E-state index is 12.7. The minimum Gasteiger partial charge on any atom is -0.467 e. The van der Waals surface area contributed by atoms with Gasteiger partial charge in [-0.2, -0.15) is 0 Å². The molecule has 1 heterocycles. The number of rotatable bonds is 6. The Morgan fingerprint density at radius 1 is 1.13 bits per heavy atom. The highest BCUT2D eigenvalue weighted by molar-refractivity contribution is 6.35. The van der Waals surface area contributed by atoms with Crippen molar-refractivity contribution in [2.24, 2.45) is 0 Å². The number of carbonyl (C=O) groups excluding carboxylic acids is 2. The first-order chi connectivity index (χ1) is 11.1. The van der Waals surface area contributed by atoms with Crippen molar-refractivity contribution >= 4 is 11.8 Å². The monoisotopic (exact) mass is 320 g/mol. The summed E-state index contributed by atoms with van der Waals surface area (Å²) in [5.41, 5.74) is 0.681. The highest BCUT2D eigenvalue weighted by Crippen LogP contribution is 2.15. The van der Waals surface area contributed by atoms with Gasteiger partial charge < -0.3 is 20.2 Å². The summed E-state index contributed by atoms with van der Waals surface area (Å²) in [5, 5.41) is 14.6. The molecular formula is C16H17FN2O4. The van der Waals surface area contributed by atoms with Gasteiger partial charge in [0.1, 0.15) is 17.7 Å². The van der Waals surface area contributed by atoms with Gasteiger partial charge in [0, 0.05) is 13.1 Å². The lowest BCUT2D eigenvalue weighted by Crippen LogP contribution is -2.40. The van der Waals surface area contributed by atoms with E-state index in [0.29, 0.717) is 11.3 Å². The number of aliphatic hydroxyl groups is 1. The number of amides is 2. The standard InChI is InChI=1S/C16H17FN2O4/c17-12-5-3-11(4-6-12)10-19-16(22)15(21)18-8-7-13(20)14-2-1-9-23-14/h1-6,9,13,20H,7-8,10H2,(H,18,21)(H,19,22). The van der Waals surface area contributed by atoms with Gasteiger partial charge in [-0.25, -0.2) is 4.39 Å². The van der Waals surface area contributed by atoms with Gasteiger partial charge in [-0.15, -0.1) is 0 Å². The number of furan rings is 1. The Morgan fingerprint density at radius 3 is 2.48 bits per heavy atom. The predicted octanol–water partition coefficient (Wildman–Crippen LogP) is 1.27. The number of benzene rings is 1. The zero-order valence-electron chi connectivity index (χ0n) is 12.3. The van der Waals surface area contributed by atoms with Gasteiger partial charge in [0.05, 0.1) is 6.26 Å². The van der Waals surface area contributed by atoms with E-state index in [1.54, 1.807) is 12.1 Å². The SMILES string of the molecule is O=C(NCCC(O)c1ccco1)C(=O)NCc1ccc(F)cc1. The van der Waals surface area contributed by atoms with Crippen molar-refractivity contribution < 1.29 is 23.5 Å². The van der Waals surface area contributed by atoms with Gasteiger partial charge >= 0.3 is 11.8 Å². The van der Waals surface area contributed by atoms with E-state index in [1.807, 2.05) is 0 Å². The molecule has 0 aliphatic rings. The third kappa shape index (κ3) is 5.23. The van der Waals surface area contributed by atoms with Crippen LogP contribution in [0.2, 0.25) is 0 Å². The van der Waals surface area contributed by atoms with Gasteiger partial charge in [0.15, 0.2) is 0 Å². The minimum atomic E-state index is -0.840. The second-order valence-corrected chi connectivity index (χ2v) is 4.88. The van der Waals surface area contributed by atoms with Gasteiger partial charge in [0.2, 0.25) is 0 Å². The summed E-state index contributed by atoms with van der Waals surface area (Å²) >= 11 is 0. The summed E-state index contributed by atoms with van der Waals surface area (Å²) in [5.74, 6) is -1.55. The lowest BCUT2D eigenvalue weighted by atomic mass is 10.2. The number of aliphatic hydroxyl groups excluding tert-OH is 1. The number of hydrogen-bond donors (Lipinski definition) is 3. The van der Waals surface area contributed by atoms with E-state index >= 15 is 0 Å². The molecule has 0 bridgehead atoms. The van der Waals surface area contributed by atoms with Crippen LogP contribution >= 0.6 is 0 Å². The summed E-state index contributed by atoms with van der Waals surface area (Å²) in [6, 6.07) is 8.87. The van der Waals surface area contributed by atoms with Crippen molar-refractivity contribution in [3.8, 4) is 0 Å². The molecule has 0 spiro atoms. The summed E-state index contributed by atoms with van der Waals surface area (Å²) in [6.07, 6.45) is 0.831. The summed E-state index contributed by atoms with van der Waals surface area (Å²) < 4.78 is 17.8. The fourth-order valence-corrected chi connectivity index (χ4v) is 1.89. The Bertz CT molecular complexity index is 641. The smallest absolute Gasteiger partial charge is 0.309 e. The van der Waals surface area contributed by atoms with E-state index < -0.39 is 17.9 Å². The molecule has 1 aromatic heterocycles. The second-order valence-electron chi connectivity index (χ2n) is 4.88. The topological polar surface area (TPSA) is 91.6 Å². The molecule has 6 nitrogen and oxygen atoms in total. The second kappa shape index (κ2) is 8.09. The molecule has 2 aromatic rings. The van der Waals surface area contributed by atoms with Crippen LogP contribution in [-0.2, 0) is 16.1 Å². The van der Waals surface area contributed by atoms with E-state index in [2.05, 4.69) is 10.6 Å². The Balaban J connectivity index is 1.68. The zero-order chi connectivity index (χ0) is 16.7. The van der Waals surface area contributed by atoms with Crippen molar-refractivity contribution in [3.63, 3.8) is 0 Å². The number of carbonyl (C=O) groups is 2. The largest absolute Gasteiger partial charge is 0.467 e. The lowest BCUT2D eigenvalue weighted by molar-refractivity contribution is -0.139. The zero-order valence-corrected chi connectivity index (χ0v) is 12.3. The average Bonchev–Trinajstić information content (AvgIpc) is 3.08. The molecule has 0 radical (unpaired) electrons. The highest BCUT2D eigenvalue weighted by Gasteiger charge is 2.15. The maximum Gasteiger partial charge on any atom is 0.309 e. The van der Waals surface area contributed by atoms with Gasteiger partial charge in [-0.3, -0.25) is 9.59 Å². The van der Waals surface area contributed by atoms with E-state index in [0.717, 1.165) is 0 Å². The molecule has 0 aliphatic heterocycles. The fourth-order valence-electron chi connectivity index (χ4n) is 1.89. The van der Waals surface area contributed by atoms with Crippen molar-refractivity contribution in [1.29, 1.82) is 0 Å². The van der Waals surface area contributed by atoms with Crippen LogP contribution in [0.4, 0.5) is 4.39 Å². The van der Waals surface area contributed by atoms with Crippen LogP contribution in [-0.4, -0.2) is 23.5 Å². The molecule has 0 saturated carbocycles. The van der Waals surface area contributed by atoms with Crippen molar-refractivity contribution in [1.82, 2.24) is 10.6 Å². The van der Waals surface area contributed by atoms with Gasteiger partial charge in [0.25, 0.3) is 0 Å². The summed E-state index contributed by atoms with van der Waals surface area (Å²) in [4.78, 5) is 23.2. The quantitative estimate of drug-likeness (QED) is 0.699. The third-order valence-corrected chi connectivity index (χ3v) is 3.15. The summed E-state index contributed by atoms with van der Waals surface area (Å²) in [6.45, 7) is 0.256. The average molecular weight is 320 g/mol. The molecule has 122 valence electrons. The molecule has 2 amide bonds. The molecule has 3 N–H and O–H groups in total. The first-order valence-electron chi connectivity index (χ1n) is 7.08. The third-order valence-electron chi connectivity index (χ3n) is 3.15. The maximum atomic E-state index is 12.7.